The molecule has 0 unspecified atom stereocenters. The van der Waals surface area contributed by atoms with Crippen molar-refractivity contribution in [1.29, 1.82) is 0 Å². The van der Waals surface area contributed by atoms with E-state index in [2.05, 4.69) is 4.98 Å². The fourth-order valence-electron chi connectivity index (χ4n) is 2.27. The van der Waals surface area contributed by atoms with Crippen LogP contribution >= 0.6 is 0 Å². The molecule has 8 nitrogen and oxygen atoms in total. The molecule has 0 saturated carbocycles. The van der Waals surface area contributed by atoms with Crippen LogP contribution in [-0.2, 0) is 19.1 Å². The molecule has 0 aliphatic carbocycles. The molecule has 1 N–H and O–H groups in total. The second kappa shape index (κ2) is 9.33. The van der Waals surface area contributed by atoms with E-state index in [1.807, 2.05) is 0 Å². The first kappa shape index (κ1) is 19.9. The predicted molar refractivity (Wildman–Crippen MR) is 96.5 cm³/mol. The highest BCUT2D eigenvalue weighted by Gasteiger charge is 2.22. The molecule has 0 aliphatic rings. The second-order valence-corrected chi connectivity index (χ2v) is 5.55. The zero-order valence-corrected chi connectivity index (χ0v) is 15.1. The number of H-pyrrole nitrogens is 1. The number of aromatic amines is 1. The van der Waals surface area contributed by atoms with Crippen LogP contribution in [0.15, 0.2) is 42.6 Å². The number of amides is 1. The predicted octanol–water partition coefficient (Wildman–Crippen LogP) is 1.97. The molecule has 1 amide bonds. The first-order chi connectivity index (χ1) is 12.9. The summed E-state index contributed by atoms with van der Waals surface area (Å²) in [5.74, 6) is -2.14. The summed E-state index contributed by atoms with van der Waals surface area (Å²) >= 11 is 0. The number of benzene rings is 1. The van der Waals surface area contributed by atoms with Crippen LogP contribution in [-0.4, -0.2) is 48.4 Å². The Labute approximate surface area is 156 Å². The molecule has 0 atom stereocenters. The van der Waals surface area contributed by atoms with Gasteiger partial charge in [0.05, 0.1) is 6.61 Å². The highest BCUT2D eigenvalue weighted by molar-refractivity contribution is 6.01. The monoisotopic (exact) mass is 372 g/mol. The Kier molecular flexibility index (Phi) is 6.87. The number of aromatic nitrogens is 1. The van der Waals surface area contributed by atoms with Crippen LogP contribution in [0.2, 0.25) is 0 Å². The summed E-state index contributed by atoms with van der Waals surface area (Å²) in [7, 11) is 0. The molecule has 1 heterocycles. The second-order valence-electron chi connectivity index (χ2n) is 5.55. The van der Waals surface area contributed by atoms with Crippen molar-refractivity contribution < 1.29 is 28.7 Å². The Balaban J connectivity index is 2.05. The summed E-state index contributed by atoms with van der Waals surface area (Å²) in [6, 6.07) is 9.87. The molecular formula is C19H20N2O6. The Bertz CT molecular complexity index is 828. The molecule has 2 aromatic rings. The Morgan fingerprint density at radius 1 is 1.07 bits per heavy atom. The Hall–Kier alpha value is -3.42. The molecule has 142 valence electrons. The van der Waals surface area contributed by atoms with Crippen LogP contribution in [0, 0.1) is 0 Å². The third-order valence-electron chi connectivity index (χ3n) is 3.60. The van der Waals surface area contributed by atoms with Crippen molar-refractivity contribution in [3.05, 3.63) is 53.9 Å². The third kappa shape index (κ3) is 5.53. The highest BCUT2D eigenvalue weighted by Crippen LogP contribution is 2.14. The van der Waals surface area contributed by atoms with Gasteiger partial charge in [-0.25, -0.2) is 4.79 Å². The topological polar surface area (TPSA) is 106 Å². The number of para-hydroxylation sites is 1. The largest absolute Gasteiger partial charge is 0.465 e. The standard InChI is InChI=1S/C19H20N2O6/c1-3-26-18(24)11-21(15-7-5-4-6-8-15)17(23)12-27-19(25)16-9-14(10-20-16)13(2)22/h4-10,20H,3,11-12H2,1-2H3. The van der Waals surface area contributed by atoms with E-state index < -0.39 is 24.5 Å². The molecule has 0 saturated heterocycles. The average Bonchev–Trinajstić information content (AvgIpc) is 3.15. The number of hydrogen-bond acceptors (Lipinski definition) is 6. The minimum Gasteiger partial charge on any atom is -0.465 e. The third-order valence-corrected chi connectivity index (χ3v) is 3.60. The van der Waals surface area contributed by atoms with Crippen molar-refractivity contribution >= 4 is 29.3 Å². The van der Waals surface area contributed by atoms with Crippen LogP contribution in [0.1, 0.15) is 34.7 Å². The molecule has 0 bridgehead atoms. The van der Waals surface area contributed by atoms with Crippen LogP contribution in [0.3, 0.4) is 0 Å². The molecule has 1 aromatic carbocycles. The minimum absolute atomic E-state index is 0.0599. The van der Waals surface area contributed by atoms with Crippen molar-refractivity contribution in [2.45, 2.75) is 13.8 Å². The number of esters is 2. The van der Waals surface area contributed by atoms with E-state index in [0.29, 0.717) is 11.3 Å². The van der Waals surface area contributed by atoms with Gasteiger partial charge in [0.15, 0.2) is 12.4 Å². The number of ketones is 1. The lowest BCUT2D eigenvalue weighted by Crippen LogP contribution is -2.39. The van der Waals surface area contributed by atoms with Crippen LogP contribution in [0.4, 0.5) is 5.69 Å². The molecule has 8 heteroatoms. The Morgan fingerprint density at radius 2 is 1.78 bits per heavy atom. The molecule has 0 fully saturated rings. The van der Waals surface area contributed by atoms with Gasteiger partial charge in [0.1, 0.15) is 12.2 Å². The number of anilines is 1. The average molecular weight is 372 g/mol. The number of carbonyl (C=O) groups is 4. The van der Waals surface area contributed by atoms with Gasteiger partial charge < -0.3 is 14.5 Å². The van der Waals surface area contributed by atoms with Crippen molar-refractivity contribution in [1.82, 2.24) is 4.98 Å². The van der Waals surface area contributed by atoms with Gasteiger partial charge in [0.2, 0.25) is 0 Å². The van der Waals surface area contributed by atoms with Gasteiger partial charge in [0.25, 0.3) is 5.91 Å². The minimum atomic E-state index is -0.778. The van der Waals surface area contributed by atoms with Crippen LogP contribution in [0.5, 0.6) is 0 Å². The van der Waals surface area contributed by atoms with Crippen molar-refractivity contribution in [3.8, 4) is 0 Å². The number of nitrogens with zero attached hydrogens (tertiary/aromatic N) is 1. The van der Waals surface area contributed by atoms with Gasteiger partial charge in [-0.2, -0.15) is 0 Å². The van der Waals surface area contributed by atoms with Gasteiger partial charge in [0, 0.05) is 17.4 Å². The van der Waals surface area contributed by atoms with E-state index in [1.165, 1.54) is 24.1 Å². The number of hydrogen-bond donors (Lipinski definition) is 1. The Morgan fingerprint density at radius 3 is 2.37 bits per heavy atom. The van der Waals surface area contributed by atoms with E-state index in [9.17, 15) is 19.2 Å². The van der Waals surface area contributed by atoms with E-state index in [-0.39, 0.29) is 24.6 Å². The SMILES string of the molecule is CCOC(=O)CN(C(=O)COC(=O)c1cc(C(C)=O)c[nH]1)c1ccccc1. The summed E-state index contributed by atoms with van der Waals surface area (Å²) in [6.07, 6.45) is 1.39. The summed E-state index contributed by atoms with van der Waals surface area (Å²) in [6.45, 7) is 2.36. The maximum absolute atomic E-state index is 12.5. The fourth-order valence-corrected chi connectivity index (χ4v) is 2.27. The molecule has 27 heavy (non-hydrogen) atoms. The van der Waals surface area contributed by atoms with Crippen molar-refractivity contribution in [2.24, 2.45) is 0 Å². The molecule has 2 rings (SSSR count). The van der Waals surface area contributed by atoms with E-state index in [4.69, 9.17) is 9.47 Å². The zero-order chi connectivity index (χ0) is 19.8. The van der Waals surface area contributed by atoms with E-state index in [0.717, 1.165) is 0 Å². The highest BCUT2D eigenvalue weighted by atomic mass is 16.5. The number of nitrogens with one attached hydrogen (secondary N) is 1. The fraction of sp³-hybridized carbons (Fsp3) is 0.263. The van der Waals surface area contributed by atoms with Gasteiger partial charge in [-0.05, 0) is 32.0 Å². The summed E-state index contributed by atoms with van der Waals surface area (Å²) < 4.78 is 9.89. The van der Waals surface area contributed by atoms with Crippen molar-refractivity contribution in [2.75, 3.05) is 24.7 Å². The summed E-state index contributed by atoms with van der Waals surface area (Å²) in [5.41, 5.74) is 0.872. The number of rotatable bonds is 8. The lowest BCUT2D eigenvalue weighted by molar-refractivity contribution is -0.142. The normalized spacial score (nSPS) is 10.1. The molecule has 0 aliphatic heterocycles. The van der Waals surface area contributed by atoms with E-state index >= 15 is 0 Å². The quantitative estimate of drug-likeness (QED) is 0.561. The lowest BCUT2D eigenvalue weighted by atomic mass is 10.2. The lowest BCUT2D eigenvalue weighted by Gasteiger charge is -2.21. The maximum atomic E-state index is 12.5. The molecule has 1 aromatic heterocycles. The van der Waals surface area contributed by atoms with E-state index in [1.54, 1.807) is 37.3 Å². The first-order valence-corrected chi connectivity index (χ1v) is 8.30. The number of carbonyl (C=O) groups excluding carboxylic acids is 4. The smallest absolute Gasteiger partial charge is 0.355 e. The van der Waals surface area contributed by atoms with Crippen LogP contribution < -0.4 is 4.90 Å². The number of Topliss-reactive ketones (excluding diaryl/α,β-unsaturated/α-hetero) is 1. The van der Waals surface area contributed by atoms with Crippen LogP contribution in [0.25, 0.3) is 0 Å². The summed E-state index contributed by atoms with van der Waals surface area (Å²) in [4.78, 5) is 51.4. The zero-order valence-electron chi connectivity index (χ0n) is 15.1. The number of ether oxygens (including phenoxy) is 2. The maximum Gasteiger partial charge on any atom is 0.355 e. The summed E-state index contributed by atoms with van der Waals surface area (Å²) in [5, 5.41) is 0. The molecular weight excluding hydrogens is 352 g/mol. The van der Waals surface area contributed by atoms with Gasteiger partial charge in [-0.3, -0.25) is 19.3 Å². The first-order valence-electron chi connectivity index (χ1n) is 8.30. The van der Waals surface area contributed by atoms with Gasteiger partial charge >= 0.3 is 11.9 Å². The molecule has 0 radical (unpaired) electrons. The van der Waals surface area contributed by atoms with Gasteiger partial charge in [-0.1, -0.05) is 18.2 Å². The van der Waals surface area contributed by atoms with Gasteiger partial charge in [-0.15, -0.1) is 0 Å². The molecule has 0 spiro atoms. The van der Waals surface area contributed by atoms with Crippen molar-refractivity contribution in [3.63, 3.8) is 0 Å².